The van der Waals surface area contributed by atoms with E-state index >= 15 is 0 Å². The summed E-state index contributed by atoms with van der Waals surface area (Å²) < 4.78 is 11.4. The number of amides is 1. The van der Waals surface area contributed by atoms with Gasteiger partial charge in [0.15, 0.2) is 11.5 Å². The van der Waals surface area contributed by atoms with E-state index in [4.69, 9.17) is 9.47 Å². The lowest BCUT2D eigenvalue weighted by atomic mass is 10.2. The average molecular weight is 326 g/mol. The van der Waals surface area contributed by atoms with Crippen LogP contribution in [-0.4, -0.2) is 59.7 Å². The van der Waals surface area contributed by atoms with Gasteiger partial charge in [0.2, 0.25) is 6.10 Å². The fraction of sp³-hybridized carbons (Fsp3) is 0.353. The molecule has 2 aromatic rings. The summed E-state index contributed by atoms with van der Waals surface area (Å²) in [4.78, 5) is 25.0. The first-order chi connectivity index (χ1) is 11.8. The van der Waals surface area contributed by atoms with Crippen molar-refractivity contribution >= 4 is 11.7 Å². The van der Waals surface area contributed by atoms with Crippen LogP contribution in [0, 0.1) is 0 Å². The van der Waals surface area contributed by atoms with Gasteiger partial charge in [-0.25, -0.2) is 4.98 Å². The second-order valence-electron chi connectivity index (χ2n) is 5.74. The molecule has 0 radical (unpaired) electrons. The van der Waals surface area contributed by atoms with Gasteiger partial charge in [0, 0.05) is 38.6 Å². The van der Waals surface area contributed by atoms with Gasteiger partial charge >= 0.3 is 0 Å². The van der Waals surface area contributed by atoms with E-state index in [1.54, 1.807) is 18.6 Å². The van der Waals surface area contributed by atoms with Crippen LogP contribution >= 0.6 is 0 Å². The summed E-state index contributed by atoms with van der Waals surface area (Å²) in [7, 11) is 0. The van der Waals surface area contributed by atoms with E-state index in [0.29, 0.717) is 24.6 Å². The minimum atomic E-state index is -0.581. The van der Waals surface area contributed by atoms with Gasteiger partial charge < -0.3 is 19.3 Å². The molecule has 1 atom stereocenters. The molecule has 2 aliphatic rings. The van der Waals surface area contributed by atoms with Crippen molar-refractivity contribution < 1.29 is 14.3 Å². The standard InChI is InChI=1S/C17H18N4O3/c22-17(15-12-23-13-3-1-2-4-14(13)24-15)21-9-7-20(8-10-21)16-11-18-5-6-19-16/h1-6,11,15H,7-10,12H2/t15-/m0/s1. The van der Waals surface area contributed by atoms with Gasteiger partial charge in [0.1, 0.15) is 12.4 Å². The highest BCUT2D eigenvalue weighted by Gasteiger charge is 2.32. The Hall–Kier alpha value is -2.83. The Morgan fingerprint density at radius 1 is 1.08 bits per heavy atom. The Labute approximate surface area is 139 Å². The SMILES string of the molecule is O=C([C@@H]1COc2ccccc2O1)N1CCN(c2cnccn2)CC1. The molecular weight excluding hydrogens is 308 g/mol. The molecule has 0 aliphatic carbocycles. The largest absolute Gasteiger partial charge is 0.485 e. The number of carbonyl (C=O) groups is 1. The highest BCUT2D eigenvalue weighted by molar-refractivity contribution is 5.82. The van der Waals surface area contributed by atoms with E-state index in [1.165, 1.54) is 0 Å². The molecule has 0 N–H and O–H groups in total. The summed E-state index contributed by atoms with van der Waals surface area (Å²) in [6.45, 7) is 2.98. The van der Waals surface area contributed by atoms with Crippen molar-refractivity contribution in [3.63, 3.8) is 0 Å². The Bertz CT molecular complexity index is 717. The van der Waals surface area contributed by atoms with Gasteiger partial charge in [-0.2, -0.15) is 0 Å². The minimum Gasteiger partial charge on any atom is -0.485 e. The number of rotatable bonds is 2. The van der Waals surface area contributed by atoms with Crippen LogP contribution in [0.1, 0.15) is 0 Å². The van der Waals surface area contributed by atoms with Gasteiger partial charge in [0.25, 0.3) is 5.91 Å². The van der Waals surface area contributed by atoms with E-state index in [0.717, 1.165) is 18.9 Å². The van der Waals surface area contributed by atoms with Gasteiger partial charge in [-0.15, -0.1) is 0 Å². The van der Waals surface area contributed by atoms with Crippen LogP contribution in [-0.2, 0) is 4.79 Å². The summed E-state index contributed by atoms with van der Waals surface area (Å²) >= 11 is 0. The highest BCUT2D eigenvalue weighted by atomic mass is 16.6. The molecule has 7 heteroatoms. The topological polar surface area (TPSA) is 67.8 Å². The van der Waals surface area contributed by atoms with Crippen molar-refractivity contribution in [1.82, 2.24) is 14.9 Å². The first kappa shape index (κ1) is 14.7. The van der Waals surface area contributed by atoms with Crippen LogP contribution in [0.4, 0.5) is 5.82 Å². The molecule has 1 aromatic carbocycles. The van der Waals surface area contributed by atoms with Crippen LogP contribution in [0.15, 0.2) is 42.9 Å². The predicted octanol–water partition coefficient (Wildman–Crippen LogP) is 0.965. The van der Waals surface area contributed by atoms with Gasteiger partial charge in [-0.1, -0.05) is 12.1 Å². The number of ether oxygens (including phenoxy) is 2. The zero-order valence-corrected chi connectivity index (χ0v) is 13.2. The highest BCUT2D eigenvalue weighted by Crippen LogP contribution is 2.31. The van der Waals surface area contributed by atoms with E-state index in [2.05, 4.69) is 14.9 Å². The quantitative estimate of drug-likeness (QED) is 0.819. The number of anilines is 1. The Kier molecular flexibility index (Phi) is 3.90. The number of aromatic nitrogens is 2. The van der Waals surface area contributed by atoms with E-state index in [1.807, 2.05) is 29.2 Å². The van der Waals surface area contributed by atoms with E-state index in [-0.39, 0.29) is 12.5 Å². The normalized spacial score (nSPS) is 19.9. The maximum Gasteiger partial charge on any atom is 0.267 e. The fourth-order valence-corrected chi connectivity index (χ4v) is 2.96. The van der Waals surface area contributed by atoms with Crippen LogP contribution in [0.5, 0.6) is 11.5 Å². The number of hydrogen-bond donors (Lipinski definition) is 0. The number of hydrogen-bond acceptors (Lipinski definition) is 6. The number of para-hydroxylation sites is 2. The lowest BCUT2D eigenvalue weighted by Gasteiger charge is -2.37. The van der Waals surface area contributed by atoms with Gasteiger partial charge in [0.05, 0.1) is 6.20 Å². The molecule has 24 heavy (non-hydrogen) atoms. The van der Waals surface area contributed by atoms with Crippen molar-refractivity contribution in [2.75, 3.05) is 37.7 Å². The Morgan fingerprint density at radius 2 is 1.88 bits per heavy atom. The summed E-state index contributed by atoms with van der Waals surface area (Å²) in [5, 5.41) is 0. The molecule has 1 amide bonds. The maximum atomic E-state index is 12.7. The number of fused-ring (bicyclic) bond motifs is 1. The average Bonchev–Trinajstić information content (AvgIpc) is 2.68. The van der Waals surface area contributed by atoms with Crippen molar-refractivity contribution in [2.45, 2.75) is 6.10 Å². The molecule has 7 nitrogen and oxygen atoms in total. The smallest absolute Gasteiger partial charge is 0.267 e. The molecule has 0 bridgehead atoms. The molecule has 124 valence electrons. The number of carbonyl (C=O) groups excluding carboxylic acids is 1. The van der Waals surface area contributed by atoms with Crippen molar-refractivity contribution in [2.24, 2.45) is 0 Å². The van der Waals surface area contributed by atoms with Crippen molar-refractivity contribution in [1.29, 1.82) is 0 Å². The van der Waals surface area contributed by atoms with Crippen molar-refractivity contribution in [3.05, 3.63) is 42.9 Å². The molecule has 2 aliphatic heterocycles. The second kappa shape index (κ2) is 6.35. The molecular formula is C17H18N4O3. The molecule has 1 aromatic heterocycles. The predicted molar refractivity (Wildman–Crippen MR) is 87.2 cm³/mol. The van der Waals surface area contributed by atoms with Crippen LogP contribution in [0.3, 0.4) is 0 Å². The van der Waals surface area contributed by atoms with Crippen molar-refractivity contribution in [3.8, 4) is 11.5 Å². The van der Waals surface area contributed by atoms with Gasteiger partial charge in [-0.05, 0) is 12.1 Å². The van der Waals surface area contributed by atoms with Crippen LogP contribution in [0.2, 0.25) is 0 Å². The minimum absolute atomic E-state index is 0.0247. The summed E-state index contributed by atoms with van der Waals surface area (Å²) in [6.07, 6.45) is 4.49. The third kappa shape index (κ3) is 2.84. The molecule has 3 heterocycles. The molecule has 4 rings (SSSR count). The molecule has 0 saturated carbocycles. The first-order valence-electron chi connectivity index (χ1n) is 7.99. The summed E-state index contributed by atoms with van der Waals surface area (Å²) in [5.74, 6) is 2.13. The summed E-state index contributed by atoms with van der Waals surface area (Å²) in [6, 6.07) is 7.42. The summed E-state index contributed by atoms with van der Waals surface area (Å²) in [5.41, 5.74) is 0. The maximum absolute atomic E-state index is 12.7. The first-order valence-corrected chi connectivity index (χ1v) is 7.99. The number of piperazine rings is 1. The number of nitrogens with zero attached hydrogens (tertiary/aromatic N) is 4. The zero-order valence-electron chi connectivity index (χ0n) is 13.2. The zero-order chi connectivity index (χ0) is 16.4. The third-order valence-electron chi connectivity index (χ3n) is 4.25. The van der Waals surface area contributed by atoms with Crippen LogP contribution in [0.25, 0.3) is 0 Å². The lowest BCUT2D eigenvalue weighted by Crippen LogP contribution is -2.54. The Balaban J connectivity index is 1.37. The lowest BCUT2D eigenvalue weighted by molar-refractivity contribution is -0.141. The second-order valence-corrected chi connectivity index (χ2v) is 5.74. The molecule has 1 saturated heterocycles. The fourth-order valence-electron chi connectivity index (χ4n) is 2.96. The third-order valence-corrected chi connectivity index (χ3v) is 4.25. The Morgan fingerprint density at radius 3 is 2.62 bits per heavy atom. The monoisotopic (exact) mass is 326 g/mol. The van der Waals surface area contributed by atoms with E-state index < -0.39 is 6.10 Å². The van der Waals surface area contributed by atoms with Gasteiger partial charge in [-0.3, -0.25) is 9.78 Å². The van der Waals surface area contributed by atoms with Crippen LogP contribution < -0.4 is 14.4 Å². The molecule has 0 spiro atoms. The number of benzene rings is 1. The molecule has 1 fully saturated rings. The van der Waals surface area contributed by atoms with E-state index in [9.17, 15) is 4.79 Å². The molecule has 0 unspecified atom stereocenters.